The molecule has 0 aliphatic carbocycles. The van der Waals surface area contributed by atoms with Gasteiger partial charge in [-0.05, 0) is 21.0 Å². The molecule has 1 unspecified atom stereocenters. The molecule has 0 aliphatic heterocycles. The first kappa shape index (κ1) is 11.9. The Balaban J connectivity index is 3.72. The third kappa shape index (κ3) is 4.72. The van der Waals surface area contributed by atoms with Gasteiger partial charge in [-0.2, -0.15) is 0 Å². The number of alkyl halides is 1. The molecule has 0 N–H and O–H groups in total. The van der Waals surface area contributed by atoms with E-state index in [9.17, 15) is 4.79 Å². The number of likely N-dealkylation sites (N-methyl/N-ethyl adjacent to an activating group) is 2. The number of amides is 1. The zero-order valence-electron chi connectivity index (χ0n) is 8.17. The van der Waals surface area contributed by atoms with Crippen molar-refractivity contribution in [2.75, 3.05) is 34.2 Å². The first-order chi connectivity index (χ1) is 5.45. The minimum Gasteiger partial charge on any atom is -0.344 e. The fraction of sp³-hybridized carbons (Fsp3) is 0.875. The zero-order valence-corrected chi connectivity index (χ0v) is 9.76. The molecule has 0 saturated carbocycles. The fourth-order valence-electron chi connectivity index (χ4n) is 0.764. The highest BCUT2D eigenvalue weighted by Crippen LogP contribution is 2.01. The van der Waals surface area contributed by atoms with E-state index >= 15 is 0 Å². The highest BCUT2D eigenvalue weighted by molar-refractivity contribution is 9.10. The lowest BCUT2D eigenvalue weighted by Gasteiger charge is -2.20. The van der Waals surface area contributed by atoms with Gasteiger partial charge in [0.15, 0.2) is 0 Å². The van der Waals surface area contributed by atoms with Gasteiger partial charge in [-0.15, -0.1) is 0 Å². The molecule has 0 aromatic rings. The van der Waals surface area contributed by atoms with Gasteiger partial charge < -0.3 is 9.80 Å². The maximum absolute atomic E-state index is 11.3. The summed E-state index contributed by atoms with van der Waals surface area (Å²) in [6.45, 7) is 3.53. The summed E-state index contributed by atoms with van der Waals surface area (Å²) in [5, 5.41) is 0. The highest BCUT2D eigenvalue weighted by Gasteiger charge is 2.13. The number of carbonyl (C=O) groups is 1. The lowest BCUT2D eigenvalue weighted by Crippen LogP contribution is -2.36. The minimum atomic E-state index is -0.0790. The van der Waals surface area contributed by atoms with Gasteiger partial charge in [-0.3, -0.25) is 4.79 Å². The Morgan fingerprint density at radius 3 is 2.17 bits per heavy atom. The summed E-state index contributed by atoms with van der Waals surface area (Å²) in [7, 11) is 5.81. The van der Waals surface area contributed by atoms with Crippen LogP contribution in [-0.4, -0.2) is 54.8 Å². The second kappa shape index (κ2) is 5.54. The van der Waals surface area contributed by atoms with Crippen molar-refractivity contribution in [1.82, 2.24) is 9.80 Å². The van der Waals surface area contributed by atoms with Crippen LogP contribution in [0.3, 0.4) is 0 Å². The van der Waals surface area contributed by atoms with Crippen molar-refractivity contribution in [2.45, 2.75) is 11.8 Å². The van der Waals surface area contributed by atoms with Crippen molar-refractivity contribution in [3.63, 3.8) is 0 Å². The van der Waals surface area contributed by atoms with Crippen LogP contribution in [0.4, 0.5) is 0 Å². The lowest BCUT2D eigenvalue weighted by molar-refractivity contribution is -0.129. The van der Waals surface area contributed by atoms with E-state index < -0.39 is 0 Å². The van der Waals surface area contributed by atoms with Crippen LogP contribution in [0.2, 0.25) is 0 Å². The van der Waals surface area contributed by atoms with Crippen LogP contribution in [0.1, 0.15) is 6.92 Å². The van der Waals surface area contributed by atoms with Crippen molar-refractivity contribution in [3.05, 3.63) is 0 Å². The molecule has 0 heterocycles. The van der Waals surface area contributed by atoms with E-state index in [1.807, 2.05) is 28.1 Å². The van der Waals surface area contributed by atoms with E-state index in [0.717, 1.165) is 13.1 Å². The smallest absolute Gasteiger partial charge is 0.235 e. The predicted octanol–water partition coefficient (Wildman–Crippen LogP) is 0.790. The summed E-state index contributed by atoms with van der Waals surface area (Å²) in [4.78, 5) is 15.0. The van der Waals surface area contributed by atoms with E-state index in [1.165, 1.54) is 0 Å². The SMILES string of the molecule is CC(Br)C(=O)N(C)CCN(C)C. The summed E-state index contributed by atoms with van der Waals surface area (Å²) in [6.07, 6.45) is 0. The summed E-state index contributed by atoms with van der Waals surface area (Å²) in [5.74, 6) is 0.136. The average Bonchev–Trinajstić information content (AvgIpc) is 1.98. The van der Waals surface area contributed by atoms with Gasteiger partial charge in [0, 0.05) is 20.1 Å². The first-order valence-corrected chi connectivity index (χ1v) is 4.90. The minimum absolute atomic E-state index is 0.0790. The van der Waals surface area contributed by atoms with Crippen molar-refractivity contribution in [1.29, 1.82) is 0 Å². The second-order valence-electron chi connectivity index (χ2n) is 3.18. The summed E-state index contributed by atoms with van der Waals surface area (Å²) in [5.41, 5.74) is 0. The summed E-state index contributed by atoms with van der Waals surface area (Å²) < 4.78 is 0. The molecular weight excluding hydrogens is 220 g/mol. The third-order valence-electron chi connectivity index (χ3n) is 1.60. The molecule has 0 rings (SSSR count). The van der Waals surface area contributed by atoms with E-state index in [0.29, 0.717) is 0 Å². The van der Waals surface area contributed by atoms with Gasteiger partial charge >= 0.3 is 0 Å². The van der Waals surface area contributed by atoms with Crippen LogP contribution in [0.5, 0.6) is 0 Å². The van der Waals surface area contributed by atoms with E-state index in [-0.39, 0.29) is 10.7 Å². The number of halogens is 1. The van der Waals surface area contributed by atoms with Gasteiger partial charge in [0.05, 0.1) is 4.83 Å². The van der Waals surface area contributed by atoms with Crippen LogP contribution < -0.4 is 0 Å². The van der Waals surface area contributed by atoms with Crippen molar-refractivity contribution in [2.24, 2.45) is 0 Å². The Morgan fingerprint density at radius 2 is 1.83 bits per heavy atom. The van der Waals surface area contributed by atoms with Crippen LogP contribution in [0.25, 0.3) is 0 Å². The van der Waals surface area contributed by atoms with Gasteiger partial charge in [-0.25, -0.2) is 0 Å². The molecule has 12 heavy (non-hydrogen) atoms. The third-order valence-corrected chi connectivity index (χ3v) is 1.99. The molecule has 1 amide bonds. The van der Waals surface area contributed by atoms with Gasteiger partial charge in [-0.1, -0.05) is 15.9 Å². The molecule has 0 spiro atoms. The Labute approximate surface area is 82.8 Å². The molecule has 0 saturated heterocycles. The van der Waals surface area contributed by atoms with Crippen LogP contribution >= 0.6 is 15.9 Å². The van der Waals surface area contributed by atoms with Crippen LogP contribution in [-0.2, 0) is 4.79 Å². The predicted molar refractivity (Wildman–Crippen MR) is 54.6 cm³/mol. The zero-order chi connectivity index (χ0) is 9.72. The van der Waals surface area contributed by atoms with Crippen LogP contribution in [0, 0.1) is 0 Å². The van der Waals surface area contributed by atoms with Gasteiger partial charge in [0.1, 0.15) is 0 Å². The molecule has 4 heteroatoms. The summed E-state index contributed by atoms with van der Waals surface area (Å²) >= 11 is 3.24. The molecule has 0 aromatic heterocycles. The van der Waals surface area contributed by atoms with Crippen molar-refractivity contribution < 1.29 is 4.79 Å². The Hall–Kier alpha value is -0.0900. The topological polar surface area (TPSA) is 23.6 Å². The fourth-order valence-corrected chi connectivity index (χ4v) is 1.11. The molecule has 0 radical (unpaired) electrons. The standard InChI is InChI=1S/C8H17BrN2O/c1-7(9)8(12)11(4)6-5-10(2)3/h7H,5-6H2,1-4H3. The monoisotopic (exact) mass is 236 g/mol. The number of nitrogens with zero attached hydrogens (tertiary/aromatic N) is 2. The maximum Gasteiger partial charge on any atom is 0.235 e. The Bertz CT molecular complexity index is 148. The molecule has 0 aliphatic rings. The molecule has 0 fully saturated rings. The first-order valence-electron chi connectivity index (χ1n) is 3.99. The molecule has 1 atom stereocenters. The largest absolute Gasteiger partial charge is 0.344 e. The number of carbonyl (C=O) groups excluding carboxylic acids is 1. The number of rotatable bonds is 4. The Kier molecular flexibility index (Phi) is 5.50. The van der Waals surface area contributed by atoms with Crippen molar-refractivity contribution >= 4 is 21.8 Å². The van der Waals surface area contributed by atoms with E-state index in [1.54, 1.807) is 4.90 Å². The molecular formula is C8H17BrN2O. The Morgan fingerprint density at radius 1 is 1.33 bits per heavy atom. The van der Waals surface area contributed by atoms with E-state index in [4.69, 9.17) is 0 Å². The van der Waals surface area contributed by atoms with Crippen LogP contribution in [0.15, 0.2) is 0 Å². The maximum atomic E-state index is 11.3. The van der Waals surface area contributed by atoms with E-state index in [2.05, 4.69) is 20.8 Å². The normalized spacial score (nSPS) is 13.2. The highest BCUT2D eigenvalue weighted by atomic mass is 79.9. The average molecular weight is 237 g/mol. The molecule has 72 valence electrons. The quantitative estimate of drug-likeness (QED) is 0.675. The lowest BCUT2D eigenvalue weighted by atomic mass is 10.4. The molecule has 3 nitrogen and oxygen atoms in total. The van der Waals surface area contributed by atoms with Crippen molar-refractivity contribution in [3.8, 4) is 0 Å². The molecule has 0 aromatic carbocycles. The number of hydrogen-bond donors (Lipinski definition) is 0. The summed E-state index contributed by atoms with van der Waals surface area (Å²) in [6, 6.07) is 0. The second-order valence-corrected chi connectivity index (χ2v) is 4.55. The number of hydrogen-bond acceptors (Lipinski definition) is 2. The van der Waals surface area contributed by atoms with Gasteiger partial charge in [0.25, 0.3) is 0 Å². The van der Waals surface area contributed by atoms with Gasteiger partial charge in [0.2, 0.25) is 5.91 Å². The molecule has 0 bridgehead atoms.